The van der Waals surface area contributed by atoms with Crippen LogP contribution >= 0.6 is 0 Å². The van der Waals surface area contributed by atoms with Crippen molar-refractivity contribution in [1.82, 2.24) is 9.88 Å². The van der Waals surface area contributed by atoms with Gasteiger partial charge in [-0.1, -0.05) is 12.1 Å². The Morgan fingerprint density at radius 1 is 1.18 bits per heavy atom. The second-order valence-corrected chi connectivity index (χ2v) is 10.3. The van der Waals surface area contributed by atoms with Gasteiger partial charge in [-0.05, 0) is 50.8 Å². The van der Waals surface area contributed by atoms with Crippen molar-refractivity contribution in [3.8, 4) is 0 Å². The predicted molar refractivity (Wildman–Crippen MR) is 136 cm³/mol. The molecule has 1 saturated carbocycles. The number of carboxylic acids is 1. The van der Waals surface area contributed by atoms with Crippen molar-refractivity contribution in [1.29, 1.82) is 0 Å². The van der Waals surface area contributed by atoms with E-state index >= 15 is 4.39 Å². The van der Waals surface area contributed by atoms with Crippen LogP contribution in [0.1, 0.15) is 43.2 Å². The molecule has 2 heterocycles. The molecule has 1 aliphatic carbocycles. The second kappa shape index (κ2) is 11.3. The summed E-state index contributed by atoms with van der Waals surface area (Å²) in [6.07, 6.45) is 0.787. The van der Waals surface area contributed by atoms with Crippen LogP contribution in [-0.2, 0) is 20.7 Å². The van der Waals surface area contributed by atoms with Crippen molar-refractivity contribution in [2.24, 2.45) is 5.92 Å². The van der Waals surface area contributed by atoms with Crippen LogP contribution in [0.4, 0.5) is 24.9 Å². The first-order chi connectivity index (χ1) is 18.7. The number of fused-ring (bicyclic) bond motifs is 1. The molecule has 2 fully saturated rings. The van der Waals surface area contributed by atoms with Crippen molar-refractivity contribution < 1.29 is 37.0 Å². The Morgan fingerprint density at radius 3 is 2.69 bits per heavy atom. The minimum atomic E-state index is -1.20. The number of alkyl halides is 1. The van der Waals surface area contributed by atoms with E-state index < -0.39 is 35.7 Å². The number of aliphatic carboxylic acids is 1. The number of nitrogens with one attached hydrogen (secondary N) is 1. The number of oxazole rings is 1. The number of amides is 1. The zero-order valence-corrected chi connectivity index (χ0v) is 21.5. The van der Waals surface area contributed by atoms with Crippen molar-refractivity contribution in [2.75, 3.05) is 18.5 Å². The summed E-state index contributed by atoms with van der Waals surface area (Å²) in [5.41, 5.74) is 0.962. The molecular weight excluding hydrogens is 515 g/mol. The van der Waals surface area contributed by atoms with E-state index in [-0.39, 0.29) is 60.7 Å². The minimum absolute atomic E-state index is 0.0181. The molecule has 0 spiro atoms. The number of carbonyl (C=O) groups is 2. The van der Waals surface area contributed by atoms with E-state index in [0.29, 0.717) is 36.9 Å². The average Bonchev–Trinajstić information content (AvgIpc) is 3.50. The SMILES string of the molecule is Cc1c(F)cccc1Nc1nc2ccc(CC(=O)N3C[C@@H](F)C[C@H]3COC3CCC(C(=O)O)CC3)c(F)c2o1. The molecule has 208 valence electrons. The number of carboxylic acid groups (broad SMARTS) is 1. The number of carbonyl (C=O) groups excluding carboxylic acids is 1. The topological polar surface area (TPSA) is 105 Å². The van der Waals surface area contributed by atoms with Gasteiger partial charge < -0.3 is 24.5 Å². The largest absolute Gasteiger partial charge is 0.481 e. The van der Waals surface area contributed by atoms with Crippen LogP contribution in [0.2, 0.25) is 0 Å². The number of aromatic nitrogens is 1. The average molecular weight is 546 g/mol. The Kier molecular flexibility index (Phi) is 7.79. The van der Waals surface area contributed by atoms with E-state index in [1.54, 1.807) is 13.0 Å². The van der Waals surface area contributed by atoms with Crippen LogP contribution in [0, 0.1) is 24.5 Å². The zero-order valence-electron chi connectivity index (χ0n) is 21.5. The molecule has 5 rings (SSSR count). The third-order valence-corrected chi connectivity index (χ3v) is 7.66. The maximum absolute atomic E-state index is 15.3. The van der Waals surface area contributed by atoms with Gasteiger partial charge in [0.15, 0.2) is 11.4 Å². The number of likely N-dealkylation sites (tertiary alicyclic amines) is 1. The first-order valence-electron chi connectivity index (χ1n) is 13.1. The lowest BCUT2D eigenvalue weighted by Gasteiger charge is -2.29. The first kappa shape index (κ1) is 27.0. The molecule has 2 N–H and O–H groups in total. The fraction of sp³-hybridized carbons (Fsp3) is 0.464. The number of rotatable bonds is 8. The van der Waals surface area contributed by atoms with Crippen molar-refractivity contribution in [3.63, 3.8) is 0 Å². The summed E-state index contributed by atoms with van der Waals surface area (Å²) >= 11 is 0. The van der Waals surface area contributed by atoms with Gasteiger partial charge in [0.1, 0.15) is 17.5 Å². The summed E-state index contributed by atoms with van der Waals surface area (Å²) in [6.45, 7) is 1.64. The van der Waals surface area contributed by atoms with Crippen LogP contribution in [0.5, 0.6) is 0 Å². The Hall–Kier alpha value is -3.60. The summed E-state index contributed by atoms with van der Waals surface area (Å²) in [5.74, 6) is -2.74. The molecule has 2 aromatic carbocycles. The molecular formula is C28H30F3N3O5. The van der Waals surface area contributed by atoms with Crippen LogP contribution in [-0.4, -0.2) is 58.3 Å². The molecule has 0 bridgehead atoms. The number of hydrogen-bond donors (Lipinski definition) is 2. The molecule has 2 atom stereocenters. The molecule has 0 radical (unpaired) electrons. The highest BCUT2D eigenvalue weighted by Crippen LogP contribution is 2.30. The predicted octanol–water partition coefficient (Wildman–Crippen LogP) is 5.30. The fourth-order valence-corrected chi connectivity index (χ4v) is 5.36. The van der Waals surface area contributed by atoms with E-state index in [4.69, 9.17) is 14.3 Å². The second-order valence-electron chi connectivity index (χ2n) is 10.3. The fourth-order valence-electron chi connectivity index (χ4n) is 5.36. The standard InChI is InChI=1S/C28H30F3N3O5/c1-15-21(30)3-2-4-22(15)32-28-33-23-10-7-17(25(31)26(23)39-28)11-24(35)34-13-18(29)12-19(34)14-38-20-8-5-16(6-9-20)27(36)37/h2-4,7,10,16,18-20H,5-6,8-9,11-14H2,1H3,(H,32,33)(H,36,37)/t16?,18-,19-,20?/m0/s1. The van der Waals surface area contributed by atoms with Gasteiger partial charge in [0.05, 0.1) is 37.6 Å². The molecule has 2 aliphatic rings. The number of anilines is 2. The van der Waals surface area contributed by atoms with E-state index in [1.807, 2.05) is 0 Å². The Labute approximate surface area is 223 Å². The minimum Gasteiger partial charge on any atom is -0.481 e. The highest BCUT2D eigenvalue weighted by molar-refractivity contribution is 5.83. The van der Waals surface area contributed by atoms with Crippen LogP contribution in [0.15, 0.2) is 34.7 Å². The number of benzene rings is 2. The lowest BCUT2D eigenvalue weighted by atomic mass is 9.87. The molecule has 3 aromatic rings. The lowest BCUT2D eigenvalue weighted by Crippen LogP contribution is -2.40. The quantitative estimate of drug-likeness (QED) is 0.396. The third kappa shape index (κ3) is 5.88. The van der Waals surface area contributed by atoms with Gasteiger partial charge in [-0.2, -0.15) is 4.98 Å². The van der Waals surface area contributed by atoms with E-state index in [1.165, 1.54) is 29.2 Å². The van der Waals surface area contributed by atoms with E-state index in [9.17, 15) is 18.4 Å². The summed E-state index contributed by atoms with van der Waals surface area (Å²) < 4.78 is 55.0. The van der Waals surface area contributed by atoms with Gasteiger partial charge in [0.2, 0.25) is 5.91 Å². The zero-order chi connectivity index (χ0) is 27.7. The lowest BCUT2D eigenvalue weighted by molar-refractivity contribution is -0.144. The van der Waals surface area contributed by atoms with Gasteiger partial charge in [-0.25, -0.2) is 13.2 Å². The number of ether oxygens (including phenoxy) is 1. The number of halogens is 3. The van der Waals surface area contributed by atoms with Gasteiger partial charge in [-0.15, -0.1) is 0 Å². The van der Waals surface area contributed by atoms with E-state index in [2.05, 4.69) is 10.3 Å². The highest BCUT2D eigenvalue weighted by Gasteiger charge is 2.37. The molecule has 1 aromatic heterocycles. The smallest absolute Gasteiger partial charge is 0.306 e. The van der Waals surface area contributed by atoms with Crippen molar-refractivity contribution >= 4 is 34.7 Å². The Balaban J connectivity index is 1.23. The monoisotopic (exact) mass is 545 g/mol. The summed E-state index contributed by atoms with van der Waals surface area (Å²) in [6, 6.07) is 6.98. The van der Waals surface area contributed by atoms with Crippen LogP contribution in [0.25, 0.3) is 11.1 Å². The van der Waals surface area contributed by atoms with Crippen LogP contribution < -0.4 is 5.32 Å². The molecule has 8 nitrogen and oxygen atoms in total. The summed E-state index contributed by atoms with van der Waals surface area (Å²) in [4.78, 5) is 29.9. The summed E-state index contributed by atoms with van der Waals surface area (Å²) in [5, 5.41) is 12.0. The maximum Gasteiger partial charge on any atom is 0.306 e. The Bertz CT molecular complexity index is 1370. The maximum atomic E-state index is 15.3. The molecule has 1 saturated heterocycles. The van der Waals surface area contributed by atoms with Crippen LogP contribution in [0.3, 0.4) is 0 Å². The third-order valence-electron chi connectivity index (χ3n) is 7.66. The normalized spacial score (nSPS) is 23.3. The molecule has 1 aliphatic heterocycles. The summed E-state index contributed by atoms with van der Waals surface area (Å²) in [7, 11) is 0. The van der Waals surface area contributed by atoms with Crippen molar-refractivity contribution in [3.05, 3.63) is 53.1 Å². The van der Waals surface area contributed by atoms with Gasteiger partial charge in [-0.3, -0.25) is 9.59 Å². The highest BCUT2D eigenvalue weighted by atomic mass is 19.1. The molecule has 1 amide bonds. The molecule has 11 heteroatoms. The Morgan fingerprint density at radius 2 is 1.95 bits per heavy atom. The van der Waals surface area contributed by atoms with Gasteiger partial charge >= 0.3 is 5.97 Å². The van der Waals surface area contributed by atoms with Gasteiger partial charge in [0, 0.05) is 23.2 Å². The van der Waals surface area contributed by atoms with Gasteiger partial charge in [0.25, 0.3) is 6.01 Å². The number of hydrogen-bond acceptors (Lipinski definition) is 6. The number of nitrogens with zero attached hydrogens (tertiary/aromatic N) is 2. The van der Waals surface area contributed by atoms with E-state index in [0.717, 1.165) is 0 Å². The molecule has 0 unspecified atom stereocenters. The first-order valence-corrected chi connectivity index (χ1v) is 13.1. The molecule has 39 heavy (non-hydrogen) atoms. The van der Waals surface area contributed by atoms with Crippen molar-refractivity contribution in [2.45, 2.75) is 63.8 Å².